The Morgan fingerprint density at radius 2 is 2.00 bits per heavy atom. The molecule has 2 amide bonds. The van der Waals surface area contributed by atoms with Crippen LogP contribution in [0.5, 0.6) is 0 Å². The number of carbonyl (C=O) groups is 2. The van der Waals surface area contributed by atoms with Gasteiger partial charge in [0.05, 0.1) is 0 Å². The Morgan fingerprint density at radius 3 is 2.47 bits per heavy atom. The minimum absolute atomic E-state index is 0.227. The van der Waals surface area contributed by atoms with E-state index in [2.05, 4.69) is 5.32 Å². The number of nitrogens with one attached hydrogen (secondary N) is 1. The molecular weight excluding hydrogens is 220 g/mol. The number of carbonyl (C=O) groups excluding carboxylic acids is 2. The summed E-state index contributed by atoms with van der Waals surface area (Å²) in [6, 6.07) is 0.299. The predicted octanol–water partition coefficient (Wildman–Crippen LogP) is 1.13. The highest BCUT2D eigenvalue weighted by Crippen LogP contribution is 2.48. The molecule has 1 aliphatic carbocycles. The summed E-state index contributed by atoms with van der Waals surface area (Å²) in [4.78, 5) is 23.7. The fourth-order valence-electron chi connectivity index (χ4n) is 2.68. The van der Waals surface area contributed by atoms with Crippen LogP contribution < -0.4 is 5.32 Å². The number of likely N-dealkylation sites (tertiary alicyclic amines) is 1. The zero-order valence-electron chi connectivity index (χ0n) is 10.7. The van der Waals surface area contributed by atoms with Crippen molar-refractivity contribution in [1.82, 2.24) is 10.2 Å². The van der Waals surface area contributed by atoms with Gasteiger partial charge in [-0.3, -0.25) is 4.79 Å². The van der Waals surface area contributed by atoms with E-state index < -0.39 is 5.60 Å². The third kappa shape index (κ3) is 2.53. The van der Waals surface area contributed by atoms with Gasteiger partial charge in [-0.2, -0.15) is 0 Å². The van der Waals surface area contributed by atoms with Crippen LogP contribution in [0, 0.1) is 5.41 Å². The van der Waals surface area contributed by atoms with Gasteiger partial charge in [0.15, 0.2) is 0 Å². The highest BCUT2D eigenvalue weighted by atomic mass is 16.6. The Balaban J connectivity index is 1.73. The van der Waals surface area contributed by atoms with Crippen molar-refractivity contribution < 1.29 is 14.3 Å². The van der Waals surface area contributed by atoms with Gasteiger partial charge in [0.1, 0.15) is 5.60 Å². The molecule has 1 heterocycles. The van der Waals surface area contributed by atoms with Crippen LogP contribution in [0.1, 0.15) is 33.6 Å². The second-order valence-electron chi connectivity index (χ2n) is 6.23. The quantitative estimate of drug-likeness (QED) is 0.736. The second-order valence-corrected chi connectivity index (χ2v) is 6.23. The van der Waals surface area contributed by atoms with Crippen molar-refractivity contribution in [2.24, 2.45) is 5.41 Å². The molecule has 96 valence electrons. The molecular formula is C12H20N2O3. The molecule has 5 heteroatoms. The van der Waals surface area contributed by atoms with E-state index in [1.54, 1.807) is 4.90 Å². The molecule has 0 unspecified atom stereocenters. The van der Waals surface area contributed by atoms with Gasteiger partial charge in [-0.05, 0) is 33.6 Å². The van der Waals surface area contributed by atoms with E-state index in [-0.39, 0.29) is 11.5 Å². The minimum Gasteiger partial charge on any atom is -0.444 e. The van der Waals surface area contributed by atoms with Gasteiger partial charge in [-0.15, -0.1) is 0 Å². The summed E-state index contributed by atoms with van der Waals surface area (Å²) in [6.07, 6.45) is 2.48. The Labute approximate surface area is 101 Å². The van der Waals surface area contributed by atoms with Crippen molar-refractivity contribution >= 4 is 12.5 Å². The second kappa shape index (κ2) is 3.89. The largest absolute Gasteiger partial charge is 0.444 e. The normalized spacial score (nSPS) is 22.6. The summed E-state index contributed by atoms with van der Waals surface area (Å²) in [5.74, 6) is 0. The first kappa shape index (κ1) is 12.2. The number of rotatable bonds is 2. The zero-order chi connectivity index (χ0) is 12.7. The maximum absolute atomic E-state index is 11.7. The monoisotopic (exact) mass is 240 g/mol. The summed E-state index contributed by atoms with van der Waals surface area (Å²) in [7, 11) is 0. The molecule has 0 aromatic heterocycles. The van der Waals surface area contributed by atoms with E-state index in [0.29, 0.717) is 6.04 Å². The number of nitrogens with zero attached hydrogens (tertiary/aromatic N) is 1. The van der Waals surface area contributed by atoms with E-state index >= 15 is 0 Å². The average Bonchev–Trinajstić information content (AvgIpc) is 2.03. The first-order chi connectivity index (χ1) is 7.84. The van der Waals surface area contributed by atoms with E-state index in [1.807, 2.05) is 20.8 Å². The summed E-state index contributed by atoms with van der Waals surface area (Å²) < 4.78 is 5.29. The van der Waals surface area contributed by atoms with Crippen LogP contribution in [0.2, 0.25) is 0 Å². The van der Waals surface area contributed by atoms with E-state index in [1.165, 1.54) is 0 Å². The highest BCUT2D eigenvalue weighted by Gasteiger charge is 2.54. The van der Waals surface area contributed by atoms with E-state index in [0.717, 1.165) is 32.3 Å². The molecule has 1 spiro atoms. The van der Waals surface area contributed by atoms with Crippen LogP contribution in [0.25, 0.3) is 0 Å². The maximum atomic E-state index is 11.7. The lowest BCUT2D eigenvalue weighted by Crippen LogP contribution is -2.67. The van der Waals surface area contributed by atoms with Crippen LogP contribution in [0.3, 0.4) is 0 Å². The van der Waals surface area contributed by atoms with Gasteiger partial charge in [0, 0.05) is 24.5 Å². The molecule has 0 atom stereocenters. The van der Waals surface area contributed by atoms with Crippen LogP contribution in [0.15, 0.2) is 0 Å². The van der Waals surface area contributed by atoms with Gasteiger partial charge in [0.2, 0.25) is 6.41 Å². The molecule has 1 saturated heterocycles. The van der Waals surface area contributed by atoms with Crippen molar-refractivity contribution in [2.75, 3.05) is 13.1 Å². The first-order valence-electron chi connectivity index (χ1n) is 6.01. The number of ether oxygens (including phenoxy) is 1. The lowest BCUT2D eigenvalue weighted by molar-refractivity contribution is -0.115. The molecule has 2 fully saturated rings. The van der Waals surface area contributed by atoms with E-state index in [9.17, 15) is 9.59 Å². The van der Waals surface area contributed by atoms with Crippen molar-refractivity contribution in [2.45, 2.75) is 45.3 Å². The molecule has 0 bridgehead atoms. The molecule has 1 saturated carbocycles. The molecule has 0 aromatic rings. The topological polar surface area (TPSA) is 58.6 Å². The maximum Gasteiger partial charge on any atom is 0.410 e. The lowest BCUT2D eigenvalue weighted by atomic mass is 9.61. The van der Waals surface area contributed by atoms with Gasteiger partial charge >= 0.3 is 6.09 Å². The number of hydrogen-bond donors (Lipinski definition) is 1. The molecule has 17 heavy (non-hydrogen) atoms. The standard InChI is InChI=1S/C12H20N2O3/c1-11(2,3)17-10(16)14-6-12(7-14)4-9(5-12)13-8-15/h8-9H,4-7H2,1-3H3,(H,13,15). The van der Waals surface area contributed by atoms with Crippen molar-refractivity contribution in [3.05, 3.63) is 0 Å². The zero-order valence-corrected chi connectivity index (χ0v) is 10.7. The van der Waals surface area contributed by atoms with E-state index in [4.69, 9.17) is 4.74 Å². The fourth-order valence-corrected chi connectivity index (χ4v) is 2.68. The predicted molar refractivity (Wildman–Crippen MR) is 62.5 cm³/mol. The van der Waals surface area contributed by atoms with Crippen LogP contribution in [-0.4, -0.2) is 42.1 Å². The smallest absolute Gasteiger partial charge is 0.410 e. The van der Waals surface area contributed by atoms with Crippen molar-refractivity contribution in [3.8, 4) is 0 Å². The Bertz CT molecular complexity index is 321. The molecule has 2 aliphatic rings. The van der Waals surface area contributed by atoms with Gasteiger partial charge in [0.25, 0.3) is 0 Å². The summed E-state index contributed by atoms with van der Waals surface area (Å²) in [5, 5.41) is 2.77. The lowest BCUT2D eigenvalue weighted by Gasteiger charge is -2.58. The molecule has 1 N–H and O–H groups in total. The molecule has 0 radical (unpaired) electrons. The summed E-state index contributed by atoms with van der Waals surface area (Å²) in [6.45, 7) is 7.13. The molecule has 1 aliphatic heterocycles. The third-order valence-corrected chi connectivity index (χ3v) is 3.37. The number of hydrogen-bond acceptors (Lipinski definition) is 3. The fraction of sp³-hybridized carbons (Fsp3) is 0.833. The summed E-state index contributed by atoms with van der Waals surface area (Å²) in [5.41, 5.74) is -0.182. The van der Waals surface area contributed by atoms with Gasteiger partial charge in [-0.1, -0.05) is 0 Å². The van der Waals surface area contributed by atoms with Gasteiger partial charge in [-0.25, -0.2) is 4.79 Å². The first-order valence-corrected chi connectivity index (χ1v) is 6.01. The Hall–Kier alpha value is -1.26. The Kier molecular flexibility index (Phi) is 2.79. The van der Waals surface area contributed by atoms with Crippen LogP contribution in [-0.2, 0) is 9.53 Å². The number of amides is 2. The minimum atomic E-state index is -0.430. The molecule has 0 aromatic carbocycles. The molecule has 2 rings (SSSR count). The third-order valence-electron chi connectivity index (χ3n) is 3.37. The average molecular weight is 240 g/mol. The van der Waals surface area contributed by atoms with Gasteiger partial charge < -0.3 is 15.0 Å². The molecule has 5 nitrogen and oxygen atoms in total. The Morgan fingerprint density at radius 1 is 1.41 bits per heavy atom. The van der Waals surface area contributed by atoms with Crippen molar-refractivity contribution in [1.29, 1.82) is 0 Å². The SMILES string of the molecule is CC(C)(C)OC(=O)N1CC2(CC(NC=O)C2)C1. The summed E-state index contributed by atoms with van der Waals surface area (Å²) >= 11 is 0. The van der Waals surface area contributed by atoms with Crippen LogP contribution >= 0.6 is 0 Å². The van der Waals surface area contributed by atoms with Crippen molar-refractivity contribution in [3.63, 3.8) is 0 Å². The van der Waals surface area contributed by atoms with Crippen LogP contribution in [0.4, 0.5) is 4.79 Å². The highest BCUT2D eigenvalue weighted by molar-refractivity contribution is 5.69.